The van der Waals surface area contributed by atoms with E-state index in [0.29, 0.717) is 18.6 Å². The highest BCUT2D eigenvalue weighted by atomic mass is 15.4. The van der Waals surface area contributed by atoms with Crippen molar-refractivity contribution >= 4 is 5.82 Å². The average Bonchev–Trinajstić information content (AvgIpc) is 2.81. The van der Waals surface area contributed by atoms with Crippen LogP contribution in [0.2, 0.25) is 0 Å². The Morgan fingerprint density at radius 2 is 2.11 bits per heavy atom. The average molecular weight is 250 g/mol. The van der Waals surface area contributed by atoms with E-state index in [4.69, 9.17) is 5.73 Å². The van der Waals surface area contributed by atoms with Crippen molar-refractivity contribution in [2.45, 2.75) is 58.5 Å². The van der Waals surface area contributed by atoms with Crippen molar-refractivity contribution in [1.29, 1.82) is 0 Å². The summed E-state index contributed by atoms with van der Waals surface area (Å²) in [7, 11) is 2.06. The second-order valence-corrected chi connectivity index (χ2v) is 5.45. The smallest absolute Gasteiger partial charge is 0.130 e. The van der Waals surface area contributed by atoms with Gasteiger partial charge in [0.15, 0.2) is 0 Å². The summed E-state index contributed by atoms with van der Waals surface area (Å²) < 4.78 is 2.05. The van der Waals surface area contributed by atoms with Crippen LogP contribution in [0.3, 0.4) is 0 Å². The summed E-state index contributed by atoms with van der Waals surface area (Å²) in [6, 6.07) is 1.27. The predicted octanol–water partition coefficient (Wildman–Crippen LogP) is 2.00. The highest BCUT2D eigenvalue weighted by Gasteiger charge is 2.33. The van der Waals surface area contributed by atoms with Gasteiger partial charge in [-0.05, 0) is 46.1 Å². The summed E-state index contributed by atoms with van der Waals surface area (Å²) in [6.07, 6.45) is 4.71. The maximum absolute atomic E-state index is 5.75. The van der Waals surface area contributed by atoms with Crippen LogP contribution in [-0.4, -0.2) is 28.4 Å². The first-order valence-corrected chi connectivity index (χ1v) is 7.11. The largest absolute Gasteiger partial charge is 0.351 e. The zero-order chi connectivity index (χ0) is 13.3. The van der Waals surface area contributed by atoms with E-state index in [0.717, 1.165) is 12.1 Å². The number of anilines is 1. The molecule has 1 aliphatic heterocycles. The second kappa shape index (κ2) is 5.31. The number of hydrogen-bond acceptors (Lipinski definition) is 3. The summed E-state index contributed by atoms with van der Waals surface area (Å²) >= 11 is 0. The molecule has 2 N–H and O–H groups in total. The molecule has 1 aromatic heterocycles. The summed E-state index contributed by atoms with van der Waals surface area (Å²) in [5.74, 6) is 1.30. The van der Waals surface area contributed by atoms with Crippen LogP contribution in [-0.2, 0) is 13.5 Å². The summed E-state index contributed by atoms with van der Waals surface area (Å²) in [5, 5.41) is 4.60. The molecule has 2 heterocycles. The topological polar surface area (TPSA) is 47.1 Å². The van der Waals surface area contributed by atoms with Crippen molar-refractivity contribution in [3.63, 3.8) is 0 Å². The summed E-state index contributed by atoms with van der Waals surface area (Å²) in [6.45, 7) is 7.39. The molecule has 18 heavy (non-hydrogen) atoms. The van der Waals surface area contributed by atoms with Crippen molar-refractivity contribution in [1.82, 2.24) is 9.78 Å². The van der Waals surface area contributed by atoms with E-state index in [1.54, 1.807) is 0 Å². The molecule has 1 saturated heterocycles. The molecule has 1 aromatic rings. The number of nitrogens with two attached hydrogens (primary N) is 1. The lowest BCUT2D eigenvalue weighted by Gasteiger charge is -2.31. The molecule has 0 aromatic carbocycles. The molecule has 4 heteroatoms. The minimum atomic E-state index is 0.612. The fourth-order valence-electron chi connectivity index (χ4n) is 3.30. The van der Waals surface area contributed by atoms with Gasteiger partial charge >= 0.3 is 0 Å². The van der Waals surface area contributed by atoms with Crippen LogP contribution >= 0.6 is 0 Å². The van der Waals surface area contributed by atoms with Crippen molar-refractivity contribution in [2.24, 2.45) is 12.8 Å². The number of aryl methyl sites for hydroxylation is 2. The Balaban J connectivity index is 2.42. The lowest BCUT2D eigenvalue weighted by Crippen LogP contribution is -2.36. The molecule has 102 valence electrons. The lowest BCUT2D eigenvalue weighted by molar-refractivity contribution is 0.596. The van der Waals surface area contributed by atoms with Crippen LogP contribution in [0.15, 0.2) is 0 Å². The van der Waals surface area contributed by atoms with E-state index in [1.807, 2.05) is 4.68 Å². The fraction of sp³-hybridized carbons (Fsp3) is 0.786. The Bertz CT molecular complexity index is 410. The van der Waals surface area contributed by atoms with Crippen LogP contribution in [0.25, 0.3) is 0 Å². The van der Waals surface area contributed by atoms with E-state index in [9.17, 15) is 0 Å². The minimum absolute atomic E-state index is 0.612. The maximum Gasteiger partial charge on any atom is 0.130 e. The van der Waals surface area contributed by atoms with Gasteiger partial charge in [0.25, 0.3) is 0 Å². The number of aromatic nitrogens is 2. The molecule has 2 unspecified atom stereocenters. The summed E-state index contributed by atoms with van der Waals surface area (Å²) in [5.41, 5.74) is 8.22. The van der Waals surface area contributed by atoms with Crippen LogP contribution in [0.5, 0.6) is 0 Å². The van der Waals surface area contributed by atoms with Crippen LogP contribution < -0.4 is 10.6 Å². The molecule has 0 spiro atoms. The highest BCUT2D eigenvalue weighted by molar-refractivity contribution is 5.53. The Morgan fingerprint density at radius 3 is 2.72 bits per heavy atom. The molecule has 0 radical (unpaired) electrons. The first-order chi connectivity index (χ1) is 8.60. The quantitative estimate of drug-likeness (QED) is 0.889. The van der Waals surface area contributed by atoms with Gasteiger partial charge in [-0.25, -0.2) is 0 Å². The summed E-state index contributed by atoms with van der Waals surface area (Å²) in [4.78, 5) is 2.57. The first-order valence-electron chi connectivity index (χ1n) is 7.11. The number of hydrogen-bond donors (Lipinski definition) is 1. The lowest BCUT2D eigenvalue weighted by atomic mass is 10.1. The third-order valence-corrected chi connectivity index (χ3v) is 4.21. The first kappa shape index (κ1) is 13.4. The predicted molar refractivity (Wildman–Crippen MR) is 76.0 cm³/mol. The van der Waals surface area contributed by atoms with E-state index < -0.39 is 0 Å². The third kappa shape index (κ3) is 2.14. The van der Waals surface area contributed by atoms with Crippen LogP contribution in [0.4, 0.5) is 5.82 Å². The molecule has 1 fully saturated rings. The molecule has 2 atom stereocenters. The van der Waals surface area contributed by atoms with Crippen molar-refractivity contribution in [2.75, 3.05) is 11.4 Å². The minimum Gasteiger partial charge on any atom is -0.351 e. The molecular formula is C14H26N4. The van der Waals surface area contributed by atoms with Gasteiger partial charge in [-0.1, -0.05) is 6.92 Å². The molecule has 2 rings (SSSR count). The highest BCUT2D eigenvalue weighted by Crippen LogP contribution is 2.35. The zero-order valence-corrected chi connectivity index (χ0v) is 12.1. The van der Waals surface area contributed by atoms with Crippen molar-refractivity contribution in [3.8, 4) is 0 Å². The molecule has 1 aliphatic rings. The zero-order valence-electron chi connectivity index (χ0n) is 12.1. The normalized spacial score (nSPS) is 23.9. The SMILES string of the molecule is CCC1CCC(C)N1c1c(CCN)c(C)nn1C. The van der Waals surface area contributed by atoms with Crippen LogP contribution in [0.1, 0.15) is 44.4 Å². The monoisotopic (exact) mass is 250 g/mol. The van der Waals surface area contributed by atoms with Crippen molar-refractivity contribution in [3.05, 3.63) is 11.3 Å². The van der Waals surface area contributed by atoms with Gasteiger partial charge in [0, 0.05) is 24.7 Å². The Morgan fingerprint density at radius 1 is 1.39 bits per heavy atom. The molecule has 4 nitrogen and oxygen atoms in total. The van der Waals surface area contributed by atoms with Gasteiger partial charge in [-0.2, -0.15) is 5.10 Å². The van der Waals surface area contributed by atoms with E-state index in [-0.39, 0.29) is 0 Å². The Kier molecular flexibility index (Phi) is 3.95. The molecule has 0 amide bonds. The van der Waals surface area contributed by atoms with E-state index in [1.165, 1.54) is 30.6 Å². The Hall–Kier alpha value is -1.03. The van der Waals surface area contributed by atoms with Gasteiger partial charge in [-0.3, -0.25) is 4.68 Å². The van der Waals surface area contributed by atoms with Gasteiger partial charge < -0.3 is 10.6 Å². The second-order valence-electron chi connectivity index (χ2n) is 5.45. The van der Waals surface area contributed by atoms with Crippen LogP contribution in [0, 0.1) is 6.92 Å². The van der Waals surface area contributed by atoms with Gasteiger partial charge in [0.1, 0.15) is 5.82 Å². The molecule has 0 bridgehead atoms. The van der Waals surface area contributed by atoms with Gasteiger partial charge in [-0.15, -0.1) is 0 Å². The van der Waals surface area contributed by atoms with Crippen molar-refractivity contribution < 1.29 is 0 Å². The standard InChI is InChI=1S/C14H26N4/c1-5-12-7-6-10(2)18(12)14-13(8-9-15)11(3)16-17(14)4/h10,12H,5-9,15H2,1-4H3. The van der Waals surface area contributed by atoms with Gasteiger partial charge in [0.05, 0.1) is 5.69 Å². The number of rotatable bonds is 4. The molecular weight excluding hydrogens is 224 g/mol. The number of nitrogens with zero attached hydrogens (tertiary/aromatic N) is 3. The molecule has 0 saturated carbocycles. The Labute approximate surface area is 110 Å². The van der Waals surface area contributed by atoms with Gasteiger partial charge in [0.2, 0.25) is 0 Å². The van der Waals surface area contributed by atoms with E-state index >= 15 is 0 Å². The third-order valence-electron chi connectivity index (χ3n) is 4.21. The molecule has 0 aliphatic carbocycles. The maximum atomic E-state index is 5.75. The van der Waals surface area contributed by atoms with E-state index in [2.05, 4.69) is 37.8 Å². The fourth-order valence-corrected chi connectivity index (χ4v) is 3.30.